The minimum Gasteiger partial charge on any atom is -0.466 e. The monoisotopic (exact) mass is 340 g/mol. The number of aryl methyl sites for hydroxylation is 2. The predicted octanol–water partition coefficient (Wildman–Crippen LogP) is 3.44. The molecule has 128 valence electrons. The van der Waals surface area contributed by atoms with E-state index in [4.69, 9.17) is 4.42 Å². The Labute approximate surface area is 135 Å². The normalized spacial score (nSPS) is 11.2. The van der Waals surface area contributed by atoms with Gasteiger partial charge >= 0.3 is 6.18 Å². The smallest absolute Gasteiger partial charge is 0.405 e. The number of furan rings is 1. The average Bonchev–Trinajstić information content (AvgIpc) is 2.83. The zero-order valence-corrected chi connectivity index (χ0v) is 13.0. The van der Waals surface area contributed by atoms with Crippen LogP contribution in [0.4, 0.5) is 18.9 Å². The first-order valence-corrected chi connectivity index (χ1v) is 7.00. The Hall–Kier alpha value is -2.77. The van der Waals surface area contributed by atoms with E-state index in [0.29, 0.717) is 11.5 Å². The maximum absolute atomic E-state index is 12.3. The zero-order chi connectivity index (χ0) is 17.9. The first-order chi connectivity index (χ1) is 11.2. The second kappa shape index (κ2) is 6.77. The van der Waals surface area contributed by atoms with Gasteiger partial charge in [-0.1, -0.05) is 12.1 Å². The summed E-state index contributed by atoms with van der Waals surface area (Å²) in [6, 6.07) is 7.35. The number of rotatable bonds is 4. The van der Waals surface area contributed by atoms with Crippen molar-refractivity contribution < 1.29 is 27.2 Å². The van der Waals surface area contributed by atoms with E-state index < -0.39 is 24.5 Å². The summed E-state index contributed by atoms with van der Waals surface area (Å²) >= 11 is 0. The average molecular weight is 340 g/mol. The Morgan fingerprint density at radius 3 is 2.33 bits per heavy atom. The molecule has 0 fully saturated rings. The van der Waals surface area contributed by atoms with Gasteiger partial charge in [-0.2, -0.15) is 13.2 Å². The van der Waals surface area contributed by atoms with Crippen LogP contribution in [0.3, 0.4) is 0 Å². The molecule has 0 saturated heterocycles. The number of hydrogen-bond donors (Lipinski definition) is 2. The maximum atomic E-state index is 12.3. The molecule has 0 saturated carbocycles. The Morgan fingerprint density at radius 1 is 1.08 bits per heavy atom. The highest BCUT2D eigenvalue weighted by atomic mass is 19.4. The molecule has 0 bridgehead atoms. The number of para-hydroxylation sites is 1. The summed E-state index contributed by atoms with van der Waals surface area (Å²) in [5.41, 5.74) is 0.339. The Kier molecular flexibility index (Phi) is 4.96. The SMILES string of the molecule is Cc1cc(C(=O)Nc2ccccc2C(=O)NCC(F)(F)F)c(C)o1. The lowest BCUT2D eigenvalue weighted by molar-refractivity contribution is -0.123. The third-order valence-corrected chi connectivity index (χ3v) is 3.15. The molecule has 1 heterocycles. The molecule has 0 aliphatic carbocycles. The fraction of sp³-hybridized carbons (Fsp3) is 0.250. The van der Waals surface area contributed by atoms with Crippen molar-refractivity contribution in [3.63, 3.8) is 0 Å². The van der Waals surface area contributed by atoms with Crippen LogP contribution in [0.1, 0.15) is 32.2 Å². The van der Waals surface area contributed by atoms with Gasteiger partial charge in [-0.15, -0.1) is 0 Å². The van der Waals surface area contributed by atoms with Crippen LogP contribution in [0.2, 0.25) is 0 Å². The number of amides is 2. The molecular weight excluding hydrogens is 325 g/mol. The minimum absolute atomic E-state index is 0.0621. The lowest BCUT2D eigenvalue weighted by Gasteiger charge is -2.12. The van der Waals surface area contributed by atoms with E-state index in [1.165, 1.54) is 24.3 Å². The van der Waals surface area contributed by atoms with Crippen molar-refractivity contribution in [2.45, 2.75) is 20.0 Å². The van der Waals surface area contributed by atoms with Crippen molar-refractivity contribution in [3.8, 4) is 0 Å². The van der Waals surface area contributed by atoms with Gasteiger partial charge in [-0.05, 0) is 32.0 Å². The highest BCUT2D eigenvalue weighted by Gasteiger charge is 2.28. The van der Waals surface area contributed by atoms with Crippen LogP contribution in [-0.4, -0.2) is 24.5 Å². The minimum atomic E-state index is -4.51. The number of halogens is 3. The highest BCUT2D eigenvalue weighted by Crippen LogP contribution is 2.20. The number of benzene rings is 1. The molecule has 24 heavy (non-hydrogen) atoms. The van der Waals surface area contributed by atoms with E-state index in [9.17, 15) is 22.8 Å². The Bertz CT molecular complexity index is 766. The molecule has 0 spiro atoms. The lowest BCUT2D eigenvalue weighted by Crippen LogP contribution is -2.34. The summed E-state index contributed by atoms with van der Waals surface area (Å²) < 4.78 is 41.9. The van der Waals surface area contributed by atoms with Crippen molar-refractivity contribution in [2.75, 3.05) is 11.9 Å². The van der Waals surface area contributed by atoms with Gasteiger partial charge in [0.05, 0.1) is 16.8 Å². The molecule has 2 N–H and O–H groups in total. The first-order valence-electron chi connectivity index (χ1n) is 7.00. The largest absolute Gasteiger partial charge is 0.466 e. The van der Waals surface area contributed by atoms with Gasteiger partial charge in [0.1, 0.15) is 18.1 Å². The van der Waals surface area contributed by atoms with Gasteiger partial charge in [0.25, 0.3) is 11.8 Å². The molecule has 1 aromatic heterocycles. The third-order valence-electron chi connectivity index (χ3n) is 3.15. The quantitative estimate of drug-likeness (QED) is 0.896. The summed E-state index contributed by atoms with van der Waals surface area (Å²) in [4.78, 5) is 24.2. The van der Waals surface area contributed by atoms with E-state index in [1.807, 2.05) is 0 Å². The molecule has 0 aliphatic heterocycles. The number of nitrogens with one attached hydrogen (secondary N) is 2. The van der Waals surface area contributed by atoms with E-state index >= 15 is 0 Å². The second-order valence-electron chi connectivity index (χ2n) is 5.12. The van der Waals surface area contributed by atoms with Gasteiger partial charge in [-0.25, -0.2) is 0 Å². The number of hydrogen-bond acceptors (Lipinski definition) is 3. The van der Waals surface area contributed by atoms with E-state index in [-0.39, 0.29) is 16.8 Å². The van der Waals surface area contributed by atoms with E-state index in [0.717, 1.165) is 0 Å². The summed E-state index contributed by atoms with van der Waals surface area (Å²) in [6.07, 6.45) is -4.51. The maximum Gasteiger partial charge on any atom is 0.405 e. The summed E-state index contributed by atoms with van der Waals surface area (Å²) in [5, 5.41) is 4.29. The summed E-state index contributed by atoms with van der Waals surface area (Å²) in [5.74, 6) is -0.485. The number of alkyl halides is 3. The van der Waals surface area contributed by atoms with E-state index in [1.54, 1.807) is 25.2 Å². The molecular formula is C16H15F3N2O3. The molecule has 0 aliphatic rings. The lowest BCUT2D eigenvalue weighted by atomic mass is 10.1. The van der Waals surface area contributed by atoms with Crippen molar-refractivity contribution in [2.24, 2.45) is 0 Å². The molecule has 8 heteroatoms. The summed E-state index contributed by atoms with van der Waals surface area (Å²) in [7, 11) is 0. The first kappa shape index (κ1) is 17.6. The van der Waals surface area contributed by atoms with Crippen LogP contribution in [0.5, 0.6) is 0 Å². The fourth-order valence-corrected chi connectivity index (χ4v) is 2.11. The number of anilines is 1. The third kappa shape index (κ3) is 4.37. The van der Waals surface area contributed by atoms with Gasteiger partial charge in [0.2, 0.25) is 0 Å². The molecule has 2 amide bonds. The van der Waals surface area contributed by atoms with Crippen molar-refractivity contribution in [3.05, 3.63) is 53.0 Å². The van der Waals surface area contributed by atoms with Gasteiger partial charge in [-0.3, -0.25) is 9.59 Å². The molecule has 2 rings (SSSR count). The molecule has 5 nitrogen and oxygen atoms in total. The van der Waals surface area contributed by atoms with Crippen LogP contribution < -0.4 is 10.6 Å². The standard InChI is InChI=1S/C16H15F3N2O3/c1-9-7-12(10(2)24-9)15(23)21-13-6-4-3-5-11(13)14(22)20-8-16(17,18)19/h3-7H,8H2,1-2H3,(H,20,22)(H,21,23). The molecule has 1 aromatic carbocycles. The highest BCUT2D eigenvalue weighted by molar-refractivity contribution is 6.09. The molecule has 0 radical (unpaired) electrons. The topological polar surface area (TPSA) is 71.3 Å². The van der Waals surface area contributed by atoms with Crippen molar-refractivity contribution >= 4 is 17.5 Å². The Balaban J connectivity index is 2.18. The summed E-state index contributed by atoms with van der Waals surface area (Å²) in [6.45, 7) is 1.85. The van der Waals surface area contributed by atoms with Gasteiger partial charge < -0.3 is 15.1 Å². The van der Waals surface area contributed by atoms with Crippen LogP contribution in [0.25, 0.3) is 0 Å². The van der Waals surface area contributed by atoms with Crippen LogP contribution in [0, 0.1) is 13.8 Å². The number of carbonyl (C=O) groups is 2. The predicted molar refractivity (Wildman–Crippen MR) is 81.0 cm³/mol. The fourth-order valence-electron chi connectivity index (χ4n) is 2.11. The number of carbonyl (C=O) groups excluding carboxylic acids is 2. The van der Waals surface area contributed by atoms with Gasteiger partial charge in [0.15, 0.2) is 0 Å². The zero-order valence-electron chi connectivity index (χ0n) is 13.0. The van der Waals surface area contributed by atoms with Crippen molar-refractivity contribution in [1.82, 2.24) is 5.32 Å². The van der Waals surface area contributed by atoms with Crippen LogP contribution in [0.15, 0.2) is 34.7 Å². The second-order valence-corrected chi connectivity index (χ2v) is 5.12. The van der Waals surface area contributed by atoms with Crippen LogP contribution in [-0.2, 0) is 0 Å². The molecule has 2 aromatic rings. The molecule has 0 unspecified atom stereocenters. The molecule has 0 atom stereocenters. The van der Waals surface area contributed by atoms with Gasteiger partial charge in [0, 0.05) is 0 Å². The Morgan fingerprint density at radius 2 is 1.75 bits per heavy atom. The van der Waals surface area contributed by atoms with E-state index in [2.05, 4.69) is 5.32 Å². The van der Waals surface area contributed by atoms with Crippen molar-refractivity contribution in [1.29, 1.82) is 0 Å². The van der Waals surface area contributed by atoms with Crippen LogP contribution >= 0.6 is 0 Å².